The molecule has 1 aromatic heterocycles. The normalized spacial score (nSPS) is 17.8. The number of aliphatic hydroxyl groups excluding tert-OH is 1. The molecule has 1 aliphatic heterocycles. The van der Waals surface area contributed by atoms with Crippen molar-refractivity contribution >= 4 is 33.0 Å². The number of nitrogens with zero attached hydrogens (tertiary/aromatic N) is 2. The lowest BCUT2D eigenvalue weighted by Crippen LogP contribution is -2.47. The van der Waals surface area contributed by atoms with Crippen LogP contribution in [-0.2, 0) is 6.54 Å². The van der Waals surface area contributed by atoms with E-state index in [0.717, 1.165) is 56.3 Å². The smallest absolute Gasteiger partial charge is 0.0844 e. The second-order valence-corrected chi connectivity index (χ2v) is 10.1. The maximum absolute atomic E-state index is 11.4. The van der Waals surface area contributed by atoms with E-state index in [-0.39, 0.29) is 5.92 Å². The molecule has 0 aliphatic carbocycles. The van der Waals surface area contributed by atoms with Crippen LogP contribution in [0.15, 0.2) is 53.9 Å². The van der Waals surface area contributed by atoms with Gasteiger partial charge in [0, 0.05) is 54.9 Å². The van der Waals surface area contributed by atoms with Gasteiger partial charge in [-0.15, -0.1) is 11.3 Å². The first kappa shape index (κ1) is 22.8. The molecule has 2 heterocycles. The fourth-order valence-electron chi connectivity index (χ4n) is 4.61. The van der Waals surface area contributed by atoms with Crippen molar-refractivity contribution in [2.24, 2.45) is 5.92 Å². The third-order valence-corrected chi connectivity index (χ3v) is 7.72. The summed E-state index contributed by atoms with van der Waals surface area (Å²) in [5, 5.41) is 15.5. The van der Waals surface area contributed by atoms with Crippen molar-refractivity contribution in [3.8, 4) is 0 Å². The lowest BCUT2D eigenvalue weighted by Gasteiger charge is -2.37. The van der Waals surface area contributed by atoms with Crippen molar-refractivity contribution in [1.82, 2.24) is 9.80 Å². The molecule has 3 nitrogen and oxygen atoms in total. The Morgan fingerprint density at radius 2 is 1.71 bits per heavy atom. The van der Waals surface area contributed by atoms with E-state index in [1.54, 1.807) is 11.3 Å². The summed E-state index contributed by atoms with van der Waals surface area (Å²) in [6, 6.07) is 16.6. The molecule has 0 spiro atoms. The van der Waals surface area contributed by atoms with Gasteiger partial charge in [0.2, 0.25) is 0 Å². The Bertz CT molecular complexity index is 949. The van der Waals surface area contributed by atoms with Gasteiger partial charge in [-0.3, -0.25) is 4.90 Å². The minimum absolute atomic E-state index is 0.278. The molecular formula is C26H33ClN2OS. The van der Waals surface area contributed by atoms with Gasteiger partial charge in [0.15, 0.2) is 0 Å². The SMILES string of the molecule is CCCCC(CN1CCN(Cc2ccc(Cl)cc2)CC1)C(O)c1csc2ccccc12. The Balaban J connectivity index is 1.36. The highest BCUT2D eigenvalue weighted by Gasteiger charge is 2.27. The zero-order valence-corrected chi connectivity index (χ0v) is 19.9. The van der Waals surface area contributed by atoms with E-state index in [1.807, 2.05) is 12.1 Å². The standard InChI is InChI=1S/C26H33ClN2OS/c1-2-3-6-21(26(30)24-19-31-25-8-5-4-7-23(24)25)18-29-15-13-28(14-16-29)17-20-9-11-22(27)12-10-20/h4-5,7-12,19,21,26,30H,2-3,6,13-18H2,1H3. The molecule has 4 rings (SSSR count). The molecule has 2 atom stereocenters. The lowest BCUT2D eigenvalue weighted by molar-refractivity contribution is 0.0517. The van der Waals surface area contributed by atoms with Crippen LogP contribution >= 0.6 is 22.9 Å². The summed E-state index contributed by atoms with van der Waals surface area (Å²) < 4.78 is 1.27. The van der Waals surface area contributed by atoms with Crippen LogP contribution in [0.4, 0.5) is 0 Å². The van der Waals surface area contributed by atoms with Crippen LogP contribution < -0.4 is 0 Å². The maximum atomic E-state index is 11.4. The van der Waals surface area contributed by atoms with Crippen molar-refractivity contribution in [2.75, 3.05) is 32.7 Å². The van der Waals surface area contributed by atoms with Gasteiger partial charge in [0.1, 0.15) is 0 Å². The Morgan fingerprint density at radius 3 is 2.45 bits per heavy atom. The van der Waals surface area contributed by atoms with Crippen molar-refractivity contribution < 1.29 is 5.11 Å². The van der Waals surface area contributed by atoms with Gasteiger partial charge < -0.3 is 10.0 Å². The molecule has 1 saturated heterocycles. The first-order chi connectivity index (χ1) is 15.1. The van der Waals surface area contributed by atoms with Gasteiger partial charge in [0.25, 0.3) is 0 Å². The minimum Gasteiger partial charge on any atom is -0.388 e. The molecule has 0 radical (unpaired) electrons. The number of unbranched alkanes of at least 4 members (excludes halogenated alkanes) is 1. The quantitative estimate of drug-likeness (QED) is 0.414. The lowest BCUT2D eigenvalue weighted by atomic mass is 9.90. The minimum atomic E-state index is -0.394. The molecule has 2 unspecified atom stereocenters. The molecule has 0 bridgehead atoms. The van der Waals surface area contributed by atoms with Crippen LogP contribution in [0.5, 0.6) is 0 Å². The summed E-state index contributed by atoms with van der Waals surface area (Å²) in [5.74, 6) is 0.278. The van der Waals surface area contributed by atoms with Crippen LogP contribution in [0.1, 0.15) is 43.4 Å². The van der Waals surface area contributed by atoms with Crippen LogP contribution in [-0.4, -0.2) is 47.6 Å². The van der Waals surface area contributed by atoms with E-state index < -0.39 is 6.10 Å². The highest BCUT2D eigenvalue weighted by Crippen LogP contribution is 2.35. The maximum Gasteiger partial charge on any atom is 0.0844 e. The third-order valence-electron chi connectivity index (χ3n) is 6.48. The molecule has 1 aliphatic rings. The van der Waals surface area contributed by atoms with Gasteiger partial charge in [-0.05, 0) is 46.5 Å². The Hall–Kier alpha value is -1.43. The first-order valence-corrected chi connectivity index (χ1v) is 12.7. The van der Waals surface area contributed by atoms with E-state index in [1.165, 1.54) is 28.5 Å². The van der Waals surface area contributed by atoms with Crippen molar-refractivity contribution in [3.05, 3.63) is 70.1 Å². The van der Waals surface area contributed by atoms with Crippen LogP contribution in [0, 0.1) is 5.92 Å². The van der Waals surface area contributed by atoms with Gasteiger partial charge in [0.05, 0.1) is 6.10 Å². The van der Waals surface area contributed by atoms with Crippen LogP contribution in [0.2, 0.25) is 5.02 Å². The number of thiophene rings is 1. The van der Waals surface area contributed by atoms with E-state index >= 15 is 0 Å². The van der Waals surface area contributed by atoms with Crippen molar-refractivity contribution in [3.63, 3.8) is 0 Å². The molecule has 1 N–H and O–H groups in total. The zero-order chi connectivity index (χ0) is 21.6. The summed E-state index contributed by atoms with van der Waals surface area (Å²) in [6.07, 6.45) is 3.02. The van der Waals surface area contributed by atoms with Gasteiger partial charge in [-0.1, -0.05) is 61.7 Å². The second kappa shape index (κ2) is 10.9. The summed E-state index contributed by atoms with van der Waals surface area (Å²) in [4.78, 5) is 5.07. The van der Waals surface area contributed by atoms with Crippen LogP contribution in [0.3, 0.4) is 0 Å². The van der Waals surface area contributed by atoms with E-state index in [9.17, 15) is 5.11 Å². The number of hydrogen-bond donors (Lipinski definition) is 1. The molecule has 0 amide bonds. The molecule has 5 heteroatoms. The largest absolute Gasteiger partial charge is 0.388 e. The number of piperazine rings is 1. The van der Waals surface area contributed by atoms with E-state index in [4.69, 9.17) is 11.6 Å². The number of aliphatic hydroxyl groups is 1. The molecule has 1 fully saturated rings. The Morgan fingerprint density at radius 1 is 1.00 bits per heavy atom. The van der Waals surface area contributed by atoms with Crippen molar-refractivity contribution in [2.45, 2.75) is 38.8 Å². The second-order valence-electron chi connectivity index (χ2n) is 8.74. The van der Waals surface area contributed by atoms with Gasteiger partial charge in [-0.2, -0.15) is 0 Å². The average Bonchev–Trinajstić information content (AvgIpc) is 3.23. The fourth-order valence-corrected chi connectivity index (χ4v) is 5.72. The molecule has 166 valence electrons. The number of rotatable bonds is 9. The number of fused-ring (bicyclic) bond motifs is 1. The molecule has 0 saturated carbocycles. The fraction of sp³-hybridized carbons (Fsp3) is 0.462. The highest BCUT2D eigenvalue weighted by atomic mass is 35.5. The summed E-state index contributed by atoms with van der Waals surface area (Å²) in [5.41, 5.74) is 2.43. The summed E-state index contributed by atoms with van der Waals surface area (Å²) in [6.45, 7) is 8.45. The topological polar surface area (TPSA) is 26.7 Å². The predicted octanol–water partition coefficient (Wildman–Crippen LogP) is 6.21. The first-order valence-electron chi connectivity index (χ1n) is 11.5. The monoisotopic (exact) mass is 456 g/mol. The molecule has 3 aromatic rings. The molecule has 31 heavy (non-hydrogen) atoms. The Labute approximate surface area is 195 Å². The third kappa shape index (κ3) is 5.88. The molecule has 2 aromatic carbocycles. The van der Waals surface area contributed by atoms with E-state index in [0.29, 0.717) is 0 Å². The summed E-state index contributed by atoms with van der Waals surface area (Å²) >= 11 is 7.76. The number of halogens is 1. The number of hydrogen-bond acceptors (Lipinski definition) is 4. The van der Waals surface area contributed by atoms with Gasteiger partial charge >= 0.3 is 0 Å². The Kier molecular flexibility index (Phi) is 8.02. The average molecular weight is 457 g/mol. The summed E-state index contributed by atoms with van der Waals surface area (Å²) in [7, 11) is 0. The van der Waals surface area contributed by atoms with Crippen LogP contribution in [0.25, 0.3) is 10.1 Å². The zero-order valence-electron chi connectivity index (χ0n) is 18.3. The highest BCUT2D eigenvalue weighted by molar-refractivity contribution is 7.17. The number of benzene rings is 2. The van der Waals surface area contributed by atoms with Crippen molar-refractivity contribution in [1.29, 1.82) is 0 Å². The molecular weight excluding hydrogens is 424 g/mol. The predicted molar refractivity (Wildman–Crippen MR) is 133 cm³/mol. The van der Waals surface area contributed by atoms with Gasteiger partial charge in [-0.25, -0.2) is 0 Å². The van der Waals surface area contributed by atoms with E-state index in [2.05, 4.69) is 58.5 Å².